The van der Waals surface area contributed by atoms with Crippen LogP contribution in [0.5, 0.6) is 0 Å². The smallest absolute Gasteiger partial charge is 0.327 e. The van der Waals surface area contributed by atoms with Gasteiger partial charge in [-0.25, -0.2) is 4.79 Å². The lowest BCUT2D eigenvalue weighted by molar-refractivity contribution is -0.146. The molecule has 0 aromatic carbocycles. The van der Waals surface area contributed by atoms with Crippen LogP contribution in [-0.4, -0.2) is 29.7 Å². The maximum Gasteiger partial charge on any atom is 0.327 e. The van der Waals surface area contributed by atoms with Crippen molar-refractivity contribution in [1.82, 2.24) is 0 Å². The molecule has 0 bridgehead atoms. The van der Waals surface area contributed by atoms with Crippen LogP contribution in [0.2, 0.25) is 0 Å². The van der Waals surface area contributed by atoms with Gasteiger partial charge in [0.15, 0.2) is 0 Å². The standard InChI is InChI=1S/C10H17NO4/c1-7(2)9(11)10(14)15-6-4-3-5-8(12)13/h3,5,7,9H,4,6,11H2,1-2H3,(H,12,13). The second-order valence-corrected chi connectivity index (χ2v) is 3.47. The number of hydrogen-bond donors (Lipinski definition) is 2. The number of carboxylic acid groups (broad SMARTS) is 1. The maximum atomic E-state index is 11.2. The third kappa shape index (κ3) is 6.68. The van der Waals surface area contributed by atoms with E-state index in [9.17, 15) is 9.59 Å². The number of aliphatic carboxylic acids is 1. The molecular weight excluding hydrogens is 198 g/mol. The zero-order valence-electron chi connectivity index (χ0n) is 8.97. The fourth-order valence-electron chi connectivity index (χ4n) is 0.780. The Morgan fingerprint density at radius 3 is 2.53 bits per heavy atom. The van der Waals surface area contributed by atoms with Gasteiger partial charge in [-0.05, 0) is 5.92 Å². The monoisotopic (exact) mass is 215 g/mol. The van der Waals surface area contributed by atoms with E-state index in [2.05, 4.69) is 0 Å². The molecule has 5 nitrogen and oxygen atoms in total. The Labute approximate surface area is 88.9 Å². The van der Waals surface area contributed by atoms with Crippen LogP contribution in [0.1, 0.15) is 20.3 Å². The predicted octanol–water partition coefficient (Wildman–Crippen LogP) is 0.544. The predicted molar refractivity (Wildman–Crippen MR) is 55.2 cm³/mol. The van der Waals surface area contributed by atoms with Gasteiger partial charge >= 0.3 is 11.9 Å². The molecule has 0 aromatic heterocycles. The summed E-state index contributed by atoms with van der Waals surface area (Å²) in [6.07, 6.45) is 2.82. The summed E-state index contributed by atoms with van der Waals surface area (Å²) in [6.45, 7) is 3.82. The average molecular weight is 215 g/mol. The molecule has 0 aliphatic rings. The molecule has 3 N–H and O–H groups in total. The number of hydrogen-bond acceptors (Lipinski definition) is 4. The van der Waals surface area contributed by atoms with E-state index in [1.807, 2.05) is 13.8 Å². The molecule has 0 radical (unpaired) electrons. The van der Waals surface area contributed by atoms with Gasteiger partial charge in [-0.1, -0.05) is 19.9 Å². The quantitative estimate of drug-likeness (QED) is 0.383. The number of carbonyl (C=O) groups excluding carboxylic acids is 1. The van der Waals surface area contributed by atoms with Gasteiger partial charge in [0.2, 0.25) is 0 Å². The van der Waals surface area contributed by atoms with Crippen molar-refractivity contribution < 1.29 is 19.4 Å². The van der Waals surface area contributed by atoms with Crippen molar-refractivity contribution in [3.63, 3.8) is 0 Å². The molecule has 1 unspecified atom stereocenters. The lowest BCUT2D eigenvalue weighted by atomic mass is 10.1. The van der Waals surface area contributed by atoms with Crippen LogP contribution in [0.25, 0.3) is 0 Å². The summed E-state index contributed by atoms with van der Waals surface area (Å²) >= 11 is 0. The number of esters is 1. The van der Waals surface area contributed by atoms with Crippen LogP contribution in [0.15, 0.2) is 12.2 Å². The maximum absolute atomic E-state index is 11.2. The number of carbonyl (C=O) groups is 2. The number of nitrogens with two attached hydrogens (primary N) is 1. The van der Waals surface area contributed by atoms with Crippen LogP contribution >= 0.6 is 0 Å². The van der Waals surface area contributed by atoms with Gasteiger partial charge in [0.1, 0.15) is 6.04 Å². The van der Waals surface area contributed by atoms with E-state index < -0.39 is 18.0 Å². The minimum absolute atomic E-state index is 0.0343. The molecule has 0 heterocycles. The summed E-state index contributed by atoms with van der Waals surface area (Å²) in [7, 11) is 0. The van der Waals surface area contributed by atoms with Crippen molar-refractivity contribution in [2.75, 3.05) is 6.61 Å². The van der Waals surface area contributed by atoms with Crippen LogP contribution in [0.4, 0.5) is 0 Å². The van der Waals surface area contributed by atoms with Crippen LogP contribution in [0, 0.1) is 5.92 Å². The first-order valence-corrected chi connectivity index (χ1v) is 4.76. The van der Waals surface area contributed by atoms with Crippen molar-refractivity contribution in [3.8, 4) is 0 Å². The first-order chi connectivity index (χ1) is 6.95. The Kier molecular flexibility index (Phi) is 6.37. The topological polar surface area (TPSA) is 89.6 Å². The third-order valence-electron chi connectivity index (χ3n) is 1.78. The SMILES string of the molecule is CC(C)C(N)C(=O)OCCC=CC(=O)O. The lowest BCUT2D eigenvalue weighted by Crippen LogP contribution is -2.37. The van der Waals surface area contributed by atoms with Crippen LogP contribution in [-0.2, 0) is 14.3 Å². The zero-order valence-corrected chi connectivity index (χ0v) is 8.97. The highest BCUT2D eigenvalue weighted by atomic mass is 16.5. The number of rotatable bonds is 6. The van der Waals surface area contributed by atoms with E-state index >= 15 is 0 Å². The van der Waals surface area contributed by atoms with E-state index in [0.717, 1.165) is 6.08 Å². The van der Waals surface area contributed by atoms with Gasteiger partial charge in [-0.15, -0.1) is 0 Å². The van der Waals surface area contributed by atoms with Crippen molar-refractivity contribution in [2.45, 2.75) is 26.3 Å². The van der Waals surface area contributed by atoms with E-state index in [1.165, 1.54) is 6.08 Å². The van der Waals surface area contributed by atoms with Gasteiger partial charge < -0.3 is 15.6 Å². The molecule has 0 aliphatic carbocycles. The molecule has 0 aromatic rings. The van der Waals surface area contributed by atoms with Crippen molar-refractivity contribution in [3.05, 3.63) is 12.2 Å². The van der Waals surface area contributed by atoms with E-state index in [1.54, 1.807) is 0 Å². The molecule has 0 aliphatic heterocycles. The molecule has 15 heavy (non-hydrogen) atoms. The summed E-state index contributed by atoms with van der Waals surface area (Å²) in [5, 5.41) is 8.27. The minimum Gasteiger partial charge on any atom is -0.478 e. The number of carboxylic acids is 1. The summed E-state index contributed by atoms with van der Waals surface area (Å²) in [5.74, 6) is -1.43. The third-order valence-corrected chi connectivity index (χ3v) is 1.78. The molecule has 0 spiro atoms. The molecule has 5 heteroatoms. The Morgan fingerprint density at radius 1 is 1.47 bits per heavy atom. The van der Waals surface area contributed by atoms with E-state index in [4.69, 9.17) is 15.6 Å². The Morgan fingerprint density at radius 2 is 2.07 bits per heavy atom. The molecule has 1 atom stereocenters. The highest BCUT2D eigenvalue weighted by Gasteiger charge is 2.17. The van der Waals surface area contributed by atoms with E-state index in [0.29, 0.717) is 6.42 Å². The first-order valence-electron chi connectivity index (χ1n) is 4.76. The number of ether oxygens (including phenoxy) is 1. The normalized spacial score (nSPS) is 13.1. The fourth-order valence-corrected chi connectivity index (χ4v) is 0.780. The van der Waals surface area contributed by atoms with Crippen molar-refractivity contribution >= 4 is 11.9 Å². The largest absolute Gasteiger partial charge is 0.478 e. The Balaban J connectivity index is 3.69. The molecule has 0 fully saturated rings. The minimum atomic E-state index is -1.01. The lowest BCUT2D eigenvalue weighted by Gasteiger charge is -2.13. The van der Waals surface area contributed by atoms with E-state index in [-0.39, 0.29) is 12.5 Å². The average Bonchev–Trinajstić information content (AvgIpc) is 2.15. The van der Waals surface area contributed by atoms with Gasteiger partial charge in [0.25, 0.3) is 0 Å². The second kappa shape index (κ2) is 7.00. The van der Waals surface area contributed by atoms with Crippen molar-refractivity contribution in [2.24, 2.45) is 11.7 Å². The molecule has 0 amide bonds. The summed E-state index contributed by atoms with van der Waals surface area (Å²) in [5.41, 5.74) is 5.54. The highest BCUT2D eigenvalue weighted by molar-refractivity contribution is 5.79. The molecule has 0 saturated carbocycles. The molecule has 0 rings (SSSR count). The highest BCUT2D eigenvalue weighted by Crippen LogP contribution is 2.00. The van der Waals surface area contributed by atoms with Gasteiger partial charge in [0.05, 0.1) is 6.61 Å². The second-order valence-electron chi connectivity index (χ2n) is 3.47. The summed E-state index contributed by atoms with van der Waals surface area (Å²) in [4.78, 5) is 21.3. The fraction of sp³-hybridized carbons (Fsp3) is 0.600. The van der Waals surface area contributed by atoms with Crippen LogP contribution < -0.4 is 5.73 Å². The van der Waals surface area contributed by atoms with Gasteiger partial charge in [-0.2, -0.15) is 0 Å². The Bertz CT molecular complexity index is 248. The molecule has 86 valence electrons. The molecular formula is C10H17NO4. The van der Waals surface area contributed by atoms with Gasteiger partial charge in [0, 0.05) is 12.5 Å². The van der Waals surface area contributed by atoms with Crippen LogP contribution in [0.3, 0.4) is 0 Å². The first kappa shape index (κ1) is 13.6. The Hall–Kier alpha value is -1.36. The molecule has 0 saturated heterocycles. The van der Waals surface area contributed by atoms with Crippen molar-refractivity contribution in [1.29, 1.82) is 0 Å². The summed E-state index contributed by atoms with van der Waals surface area (Å²) in [6, 6.07) is -0.617. The summed E-state index contributed by atoms with van der Waals surface area (Å²) < 4.78 is 4.84. The zero-order chi connectivity index (χ0) is 11.8. The van der Waals surface area contributed by atoms with Gasteiger partial charge in [-0.3, -0.25) is 4.79 Å².